The van der Waals surface area contributed by atoms with Gasteiger partial charge in [0.15, 0.2) is 0 Å². The summed E-state index contributed by atoms with van der Waals surface area (Å²) in [4.78, 5) is 27.5. The standard InChI is InChI=1S/C24H32N4O3/c29-22(15-24(6-12-31-13-7-24)27-9-1-2-10-27)25-8-11-26-16-19-14-20(18-26)21-4-3-5-23(30)28(21)17-19/h1-5,9-10,19-20H,6-8,11-18H2,(H,25,29)/t19-,20+/m1/s1. The first-order chi connectivity index (χ1) is 15.1. The summed E-state index contributed by atoms with van der Waals surface area (Å²) in [5.41, 5.74) is 1.12. The van der Waals surface area contributed by atoms with Crippen LogP contribution in [0.2, 0.25) is 0 Å². The second-order valence-electron chi connectivity index (χ2n) is 9.41. The summed E-state index contributed by atoms with van der Waals surface area (Å²) in [5, 5.41) is 3.17. The molecule has 1 amide bonds. The number of carbonyl (C=O) groups is 1. The van der Waals surface area contributed by atoms with Crippen LogP contribution in [0.1, 0.15) is 37.3 Å². The van der Waals surface area contributed by atoms with Crippen LogP contribution in [0.3, 0.4) is 0 Å². The first-order valence-corrected chi connectivity index (χ1v) is 11.5. The van der Waals surface area contributed by atoms with E-state index in [0.29, 0.717) is 38.0 Å². The highest BCUT2D eigenvalue weighted by Gasteiger charge is 2.37. The number of rotatable bonds is 6. The van der Waals surface area contributed by atoms with Crippen molar-refractivity contribution in [3.8, 4) is 0 Å². The normalized spacial score (nSPS) is 25.0. The zero-order chi connectivity index (χ0) is 21.3. The van der Waals surface area contributed by atoms with Crippen molar-refractivity contribution in [3.63, 3.8) is 0 Å². The molecule has 2 fully saturated rings. The average molecular weight is 425 g/mol. The van der Waals surface area contributed by atoms with Gasteiger partial charge in [0.25, 0.3) is 5.56 Å². The number of carbonyl (C=O) groups excluding carboxylic acids is 1. The number of aromatic nitrogens is 2. The summed E-state index contributed by atoms with van der Waals surface area (Å²) in [6.45, 7) is 5.70. The molecule has 1 N–H and O–H groups in total. The van der Waals surface area contributed by atoms with Crippen molar-refractivity contribution in [3.05, 3.63) is 58.8 Å². The van der Waals surface area contributed by atoms with Crippen LogP contribution in [-0.4, -0.2) is 59.3 Å². The zero-order valence-electron chi connectivity index (χ0n) is 18.0. The van der Waals surface area contributed by atoms with Gasteiger partial charge in [0.2, 0.25) is 5.91 Å². The molecule has 2 saturated heterocycles. The van der Waals surface area contributed by atoms with Crippen molar-refractivity contribution in [2.45, 2.75) is 43.7 Å². The number of hydrogen-bond donors (Lipinski definition) is 1. The molecule has 5 heterocycles. The van der Waals surface area contributed by atoms with E-state index in [1.807, 2.05) is 22.8 Å². The van der Waals surface area contributed by atoms with Crippen LogP contribution in [0, 0.1) is 5.92 Å². The summed E-state index contributed by atoms with van der Waals surface area (Å²) in [7, 11) is 0. The van der Waals surface area contributed by atoms with E-state index in [1.165, 1.54) is 5.69 Å². The van der Waals surface area contributed by atoms with Gasteiger partial charge < -0.3 is 24.1 Å². The highest BCUT2D eigenvalue weighted by atomic mass is 16.5. The van der Waals surface area contributed by atoms with Crippen LogP contribution in [-0.2, 0) is 21.6 Å². The lowest BCUT2D eigenvalue weighted by molar-refractivity contribution is -0.124. The molecule has 2 atom stereocenters. The number of fused-ring (bicyclic) bond motifs is 4. The Morgan fingerprint density at radius 1 is 1.10 bits per heavy atom. The summed E-state index contributed by atoms with van der Waals surface area (Å²) in [5.74, 6) is 1.04. The molecular weight excluding hydrogens is 392 g/mol. The Labute approximate surface area is 183 Å². The Morgan fingerprint density at radius 3 is 2.71 bits per heavy atom. The quantitative estimate of drug-likeness (QED) is 0.768. The van der Waals surface area contributed by atoms with Gasteiger partial charge in [-0.1, -0.05) is 6.07 Å². The number of pyridine rings is 1. The van der Waals surface area contributed by atoms with Gasteiger partial charge in [-0.25, -0.2) is 0 Å². The lowest BCUT2D eigenvalue weighted by Gasteiger charge is -2.42. The minimum Gasteiger partial charge on any atom is -0.381 e. The summed E-state index contributed by atoms with van der Waals surface area (Å²) in [6, 6.07) is 9.69. The molecule has 3 aliphatic rings. The monoisotopic (exact) mass is 424 g/mol. The average Bonchev–Trinajstić information content (AvgIpc) is 3.31. The van der Waals surface area contributed by atoms with E-state index < -0.39 is 0 Å². The summed E-state index contributed by atoms with van der Waals surface area (Å²) < 4.78 is 9.72. The maximum Gasteiger partial charge on any atom is 0.250 e. The summed E-state index contributed by atoms with van der Waals surface area (Å²) in [6.07, 6.45) is 7.51. The lowest BCUT2D eigenvalue weighted by Crippen LogP contribution is -2.49. The van der Waals surface area contributed by atoms with Gasteiger partial charge in [0.1, 0.15) is 0 Å². The Morgan fingerprint density at radius 2 is 1.90 bits per heavy atom. The fraction of sp³-hybridized carbons (Fsp3) is 0.583. The molecule has 3 aliphatic heterocycles. The minimum absolute atomic E-state index is 0.115. The van der Waals surface area contributed by atoms with E-state index >= 15 is 0 Å². The van der Waals surface area contributed by atoms with Crippen molar-refractivity contribution >= 4 is 5.91 Å². The van der Waals surface area contributed by atoms with Gasteiger partial charge in [-0.05, 0) is 43.4 Å². The third kappa shape index (κ3) is 4.21. The van der Waals surface area contributed by atoms with Crippen molar-refractivity contribution in [1.29, 1.82) is 0 Å². The molecule has 31 heavy (non-hydrogen) atoms. The lowest BCUT2D eigenvalue weighted by atomic mass is 9.83. The maximum atomic E-state index is 12.8. The van der Waals surface area contributed by atoms with Crippen molar-refractivity contribution < 1.29 is 9.53 Å². The molecule has 0 saturated carbocycles. The predicted octanol–water partition coefficient (Wildman–Crippen LogP) is 1.78. The number of nitrogens with one attached hydrogen (secondary N) is 1. The Kier molecular flexibility index (Phi) is 5.71. The molecule has 166 valence electrons. The van der Waals surface area contributed by atoms with E-state index in [1.54, 1.807) is 6.07 Å². The molecule has 7 heteroatoms. The number of amides is 1. The highest BCUT2D eigenvalue weighted by Crippen LogP contribution is 2.35. The van der Waals surface area contributed by atoms with E-state index in [0.717, 1.165) is 45.4 Å². The van der Waals surface area contributed by atoms with E-state index in [9.17, 15) is 9.59 Å². The number of hydrogen-bond acceptors (Lipinski definition) is 4. The number of piperidine rings is 1. The van der Waals surface area contributed by atoms with Crippen LogP contribution in [0.5, 0.6) is 0 Å². The third-order valence-corrected chi connectivity index (χ3v) is 7.37. The third-order valence-electron chi connectivity index (χ3n) is 7.37. The fourth-order valence-corrected chi connectivity index (χ4v) is 5.82. The molecule has 7 nitrogen and oxygen atoms in total. The van der Waals surface area contributed by atoms with Crippen LogP contribution in [0.4, 0.5) is 0 Å². The van der Waals surface area contributed by atoms with Crippen molar-refractivity contribution in [2.75, 3.05) is 39.4 Å². The molecule has 0 unspecified atom stereocenters. The van der Waals surface area contributed by atoms with Gasteiger partial charge in [0.05, 0.1) is 12.0 Å². The van der Waals surface area contributed by atoms with Gasteiger partial charge >= 0.3 is 0 Å². The first-order valence-electron chi connectivity index (χ1n) is 11.5. The Balaban J connectivity index is 1.16. The number of likely N-dealkylation sites (tertiary alicyclic amines) is 1. The maximum absolute atomic E-state index is 12.8. The number of ether oxygens (including phenoxy) is 1. The molecule has 2 aromatic heterocycles. The van der Waals surface area contributed by atoms with Gasteiger partial charge in [-0.3, -0.25) is 9.59 Å². The molecular formula is C24H32N4O3. The summed E-state index contributed by atoms with van der Waals surface area (Å²) >= 11 is 0. The van der Waals surface area contributed by atoms with Crippen LogP contribution in [0.25, 0.3) is 0 Å². The second kappa shape index (κ2) is 8.63. The topological polar surface area (TPSA) is 68.5 Å². The second-order valence-corrected chi connectivity index (χ2v) is 9.41. The Bertz CT molecular complexity index is 961. The van der Waals surface area contributed by atoms with E-state index in [-0.39, 0.29) is 17.0 Å². The Hall–Kier alpha value is -2.38. The van der Waals surface area contributed by atoms with Crippen molar-refractivity contribution in [1.82, 2.24) is 19.4 Å². The predicted molar refractivity (Wildman–Crippen MR) is 118 cm³/mol. The van der Waals surface area contributed by atoms with Crippen LogP contribution in [0.15, 0.2) is 47.5 Å². The van der Waals surface area contributed by atoms with Gasteiger partial charge in [-0.2, -0.15) is 0 Å². The smallest absolute Gasteiger partial charge is 0.250 e. The highest BCUT2D eigenvalue weighted by molar-refractivity contribution is 5.77. The van der Waals surface area contributed by atoms with E-state index in [4.69, 9.17) is 4.74 Å². The number of nitrogens with zero attached hydrogens (tertiary/aromatic N) is 3. The SMILES string of the molecule is O=C(CC1(n2cccc2)CCOCC1)NCCN1C[C@H]2C[C@@H](C1)c1cccc(=O)n1C2. The van der Waals surface area contributed by atoms with Crippen LogP contribution >= 0.6 is 0 Å². The molecule has 0 radical (unpaired) electrons. The fourth-order valence-electron chi connectivity index (χ4n) is 5.82. The molecule has 2 aromatic rings. The van der Waals surface area contributed by atoms with Crippen LogP contribution < -0.4 is 10.9 Å². The molecule has 0 aliphatic carbocycles. The molecule has 0 spiro atoms. The molecule has 0 aromatic carbocycles. The zero-order valence-corrected chi connectivity index (χ0v) is 18.0. The first kappa shape index (κ1) is 20.5. The van der Waals surface area contributed by atoms with E-state index in [2.05, 4.69) is 33.2 Å². The van der Waals surface area contributed by atoms with Gasteiger partial charge in [0, 0.05) is 76.0 Å². The minimum atomic E-state index is -0.176. The molecule has 5 rings (SSSR count). The van der Waals surface area contributed by atoms with Crippen molar-refractivity contribution in [2.24, 2.45) is 5.92 Å². The van der Waals surface area contributed by atoms with Gasteiger partial charge in [-0.15, -0.1) is 0 Å². The molecule has 2 bridgehead atoms. The largest absolute Gasteiger partial charge is 0.381 e.